The van der Waals surface area contributed by atoms with Crippen LogP contribution in [0.25, 0.3) is 22.3 Å². The number of anilines is 1. The summed E-state index contributed by atoms with van der Waals surface area (Å²) < 4.78 is 0. The highest BCUT2D eigenvalue weighted by Gasteiger charge is 2.12. The van der Waals surface area contributed by atoms with Crippen molar-refractivity contribution in [1.82, 2.24) is 19.9 Å². The van der Waals surface area contributed by atoms with Gasteiger partial charge in [-0.25, -0.2) is 15.0 Å². The van der Waals surface area contributed by atoms with Gasteiger partial charge in [0.25, 0.3) is 0 Å². The molecule has 2 N–H and O–H groups in total. The summed E-state index contributed by atoms with van der Waals surface area (Å²) in [7, 11) is 3.91. The van der Waals surface area contributed by atoms with Crippen LogP contribution in [0.15, 0.2) is 72.0 Å². The first kappa shape index (κ1) is 18.7. The number of nitrogens with one attached hydrogen (secondary N) is 2. The van der Waals surface area contributed by atoms with Crippen LogP contribution in [0.5, 0.6) is 0 Å². The van der Waals surface area contributed by atoms with Crippen molar-refractivity contribution in [1.29, 1.82) is 0 Å². The molecular formula is C23H24N6. The van der Waals surface area contributed by atoms with Gasteiger partial charge in [-0.3, -0.25) is 0 Å². The smallest absolute Gasteiger partial charge is 0.143 e. The molecule has 0 aliphatic heterocycles. The van der Waals surface area contributed by atoms with Crippen LogP contribution < -0.4 is 5.32 Å². The van der Waals surface area contributed by atoms with Gasteiger partial charge >= 0.3 is 0 Å². The predicted molar refractivity (Wildman–Crippen MR) is 120 cm³/mol. The largest absolute Gasteiger partial charge is 0.369 e. The maximum Gasteiger partial charge on any atom is 0.143 e. The van der Waals surface area contributed by atoms with Crippen LogP contribution in [0.3, 0.4) is 0 Å². The Balaban J connectivity index is 1.65. The molecule has 0 unspecified atom stereocenters. The maximum absolute atomic E-state index is 4.48. The van der Waals surface area contributed by atoms with Gasteiger partial charge in [-0.15, -0.1) is 0 Å². The van der Waals surface area contributed by atoms with E-state index < -0.39 is 0 Å². The minimum atomic E-state index is 0.136. The van der Waals surface area contributed by atoms with Gasteiger partial charge in [0, 0.05) is 31.4 Å². The molecule has 6 heteroatoms. The number of H-pyrrole nitrogens is 1. The minimum absolute atomic E-state index is 0.136. The molecule has 1 atom stereocenters. The number of nitrogens with zero attached hydrogens (tertiary/aromatic N) is 4. The third-order valence-electron chi connectivity index (χ3n) is 4.67. The highest BCUT2D eigenvalue weighted by molar-refractivity contribution is 5.91. The monoisotopic (exact) mass is 384 g/mol. The number of rotatable bonds is 6. The average molecular weight is 384 g/mol. The fraction of sp³-hybridized carbons (Fsp3) is 0.174. The Kier molecular flexibility index (Phi) is 5.24. The minimum Gasteiger partial charge on any atom is -0.369 e. The first-order valence-corrected chi connectivity index (χ1v) is 9.56. The number of hydrogen-bond acceptors (Lipinski definition) is 4. The fourth-order valence-electron chi connectivity index (χ4n) is 3.18. The summed E-state index contributed by atoms with van der Waals surface area (Å²) in [6.07, 6.45) is 3.38. The molecule has 6 nitrogen and oxygen atoms in total. The second-order valence-corrected chi connectivity index (χ2v) is 7.20. The van der Waals surface area contributed by atoms with Crippen LogP contribution >= 0.6 is 0 Å². The molecular weight excluding hydrogens is 360 g/mol. The highest BCUT2D eigenvalue weighted by atomic mass is 15.1. The topological polar surface area (TPSA) is 69.2 Å². The van der Waals surface area contributed by atoms with Gasteiger partial charge in [-0.2, -0.15) is 0 Å². The molecule has 29 heavy (non-hydrogen) atoms. The van der Waals surface area contributed by atoms with E-state index in [1.165, 1.54) is 5.56 Å². The molecule has 0 saturated heterocycles. The van der Waals surface area contributed by atoms with Crippen LogP contribution in [0.1, 0.15) is 18.5 Å². The van der Waals surface area contributed by atoms with Crippen LogP contribution in [-0.4, -0.2) is 40.3 Å². The van der Waals surface area contributed by atoms with Crippen molar-refractivity contribution >= 4 is 28.9 Å². The summed E-state index contributed by atoms with van der Waals surface area (Å²) in [6.45, 7) is 2.13. The number of benzene rings is 2. The van der Waals surface area contributed by atoms with E-state index in [1.807, 2.05) is 49.3 Å². The third kappa shape index (κ3) is 4.27. The number of aliphatic imine (C=N–C) groups is 1. The number of hydrogen-bond donors (Lipinski definition) is 2. The van der Waals surface area contributed by atoms with Gasteiger partial charge in [-0.05, 0) is 30.7 Å². The molecule has 2 aromatic heterocycles. The summed E-state index contributed by atoms with van der Waals surface area (Å²) >= 11 is 0. The lowest BCUT2D eigenvalue weighted by Gasteiger charge is -2.15. The van der Waals surface area contributed by atoms with Crippen molar-refractivity contribution in [3.63, 3.8) is 0 Å². The SMILES string of the molecule is C[C@@H](Nc1ncnc2[nH]c(-c3cccc(N=CN(C)C)c3)cc12)c1ccccc1. The van der Waals surface area contributed by atoms with Crippen LogP contribution in [-0.2, 0) is 0 Å². The molecule has 2 aromatic carbocycles. The molecule has 0 spiro atoms. The van der Waals surface area contributed by atoms with Crippen LogP contribution in [0.2, 0.25) is 0 Å². The highest BCUT2D eigenvalue weighted by Crippen LogP contribution is 2.30. The van der Waals surface area contributed by atoms with Crippen molar-refractivity contribution in [3.05, 3.63) is 72.6 Å². The molecule has 2 heterocycles. The van der Waals surface area contributed by atoms with E-state index >= 15 is 0 Å². The van der Waals surface area contributed by atoms with E-state index in [0.29, 0.717) is 0 Å². The van der Waals surface area contributed by atoms with Gasteiger partial charge in [0.1, 0.15) is 17.8 Å². The molecule has 0 amide bonds. The Morgan fingerprint density at radius 3 is 2.66 bits per heavy atom. The lowest BCUT2D eigenvalue weighted by Crippen LogP contribution is -2.08. The number of aromatic amines is 1. The van der Waals surface area contributed by atoms with Crippen molar-refractivity contribution in [2.75, 3.05) is 19.4 Å². The van der Waals surface area contributed by atoms with Crippen molar-refractivity contribution < 1.29 is 0 Å². The fourth-order valence-corrected chi connectivity index (χ4v) is 3.18. The molecule has 0 bridgehead atoms. The maximum atomic E-state index is 4.48. The average Bonchev–Trinajstić information content (AvgIpc) is 3.19. The van der Waals surface area contributed by atoms with Crippen molar-refractivity contribution in [3.8, 4) is 11.3 Å². The molecule has 0 radical (unpaired) electrons. The van der Waals surface area contributed by atoms with E-state index in [-0.39, 0.29) is 6.04 Å². The Morgan fingerprint density at radius 2 is 1.86 bits per heavy atom. The van der Waals surface area contributed by atoms with Gasteiger partial charge in [-0.1, -0.05) is 42.5 Å². The van der Waals surface area contributed by atoms with E-state index in [4.69, 9.17) is 0 Å². The van der Waals surface area contributed by atoms with E-state index in [1.54, 1.807) is 12.7 Å². The summed E-state index contributed by atoms with van der Waals surface area (Å²) in [5.41, 5.74) is 4.95. The Hall–Kier alpha value is -3.67. The van der Waals surface area contributed by atoms with Crippen LogP contribution in [0.4, 0.5) is 11.5 Å². The summed E-state index contributed by atoms with van der Waals surface area (Å²) in [5, 5.41) is 4.48. The van der Waals surface area contributed by atoms with E-state index in [2.05, 4.69) is 62.5 Å². The second kappa shape index (κ2) is 8.14. The quantitative estimate of drug-likeness (QED) is 0.362. The first-order valence-electron chi connectivity index (χ1n) is 9.56. The van der Waals surface area contributed by atoms with Gasteiger partial charge in [0.2, 0.25) is 0 Å². The molecule has 0 aliphatic rings. The lowest BCUT2D eigenvalue weighted by molar-refractivity contribution is 0.643. The summed E-state index contributed by atoms with van der Waals surface area (Å²) in [5.74, 6) is 0.815. The molecule has 4 rings (SSSR count). The summed E-state index contributed by atoms with van der Waals surface area (Å²) in [4.78, 5) is 18.7. The number of fused-ring (bicyclic) bond motifs is 1. The molecule has 0 aliphatic carbocycles. The lowest BCUT2D eigenvalue weighted by atomic mass is 10.1. The van der Waals surface area contributed by atoms with Gasteiger partial charge in [0.05, 0.1) is 17.4 Å². The molecule has 146 valence electrons. The van der Waals surface area contributed by atoms with Crippen molar-refractivity contribution in [2.24, 2.45) is 4.99 Å². The van der Waals surface area contributed by atoms with E-state index in [0.717, 1.165) is 33.8 Å². The second-order valence-electron chi connectivity index (χ2n) is 7.20. The zero-order valence-electron chi connectivity index (χ0n) is 16.8. The van der Waals surface area contributed by atoms with Gasteiger partial charge < -0.3 is 15.2 Å². The Morgan fingerprint density at radius 1 is 1.03 bits per heavy atom. The van der Waals surface area contributed by atoms with Crippen LogP contribution in [0, 0.1) is 0 Å². The number of aromatic nitrogens is 3. The summed E-state index contributed by atoms with van der Waals surface area (Å²) in [6, 6.07) is 20.7. The Bertz CT molecular complexity index is 1130. The van der Waals surface area contributed by atoms with E-state index in [9.17, 15) is 0 Å². The predicted octanol–water partition coefficient (Wildman–Crippen LogP) is 5.02. The molecule has 4 aromatic rings. The first-order chi connectivity index (χ1) is 14.1. The van der Waals surface area contributed by atoms with Crippen molar-refractivity contribution in [2.45, 2.75) is 13.0 Å². The normalized spacial score (nSPS) is 12.4. The molecule has 0 fully saturated rings. The standard InChI is InChI=1S/C23H24N6/c1-16(17-8-5-4-6-9-17)27-22-20-13-21(28-23(20)25-14-24-22)18-10-7-11-19(12-18)26-15-29(2)3/h4-16H,1-3H3,(H2,24,25,27,28)/t16-/m1/s1. The van der Waals surface area contributed by atoms with Gasteiger partial charge in [0.15, 0.2) is 0 Å². The zero-order valence-corrected chi connectivity index (χ0v) is 16.8. The molecule has 0 saturated carbocycles. The Labute approximate surface area is 170 Å². The third-order valence-corrected chi connectivity index (χ3v) is 4.67. The zero-order chi connectivity index (χ0) is 20.2.